The van der Waals surface area contributed by atoms with E-state index in [4.69, 9.17) is 5.73 Å². The van der Waals surface area contributed by atoms with E-state index < -0.39 is 0 Å². The first-order valence-electron chi connectivity index (χ1n) is 7.59. The lowest BCUT2D eigenvalue weighted by Gasteiger charge is -2.42. The average Bonchev–Trinajstić information content (AvgIpc) is 2.41. The molecule has 2 heterocycles. The molecule has 0 atom stereocenters. The van der Waals surface area contributed by atoms with E-state index >= 15 is 0 Å². The maximum atomic E-state index is 12.5. The van der Waals surface area contributed by atoms with E-state index in [-0.39, 0.29) is 17.2 Å². The van der Waals surface area contributed by atoms with Crippen LogP contribution in [0.2, 0.25) is 0 Å². The summed E-state index contributed by atoms with van der Waals surface area (Å²) >= 11 is 0. The number of aromatic nitrogens is 1. The molecule has 1 saturated heterocycles. The van der Waals surface area contributed by atoms with E-state index in [9.17, 15) is 9.59 Å². The van der Waals surface area contributed by atoms with Crippen LogP contribution in [0.1, 0.15) is 50.5 Å². The molecular weight excluding hydrogens is 266 g/mol. The Balaban J connectivity index is 1.88. The van der Waals surface area contributed by atoms with Crippen LogP contribution < -0.4 is 10.6 Å². The number of carbonyl (C=O) groups is 2. The third kappa shape index (κ3) is 2.52. The predicted octanol–water partition coefficient (Wildman–Crippen LogP) is 2.58. The van der Waals surface area contributed by atoms with E-state index in [0.717, 1.165) is 31.2 Å². The fraction of sp³-hybridized carbons (Fsp3) is 0.562. The lowest BCUT2D eigenvalue weighted by Crippen LogP contribution is -2.49. The van der Waals surface area contributed by atoms with E-state index in [1.165, 1.54) is 17.5 Å². The Morgan fingerprint density at radius 3 is 2.33 bits per heavy atom. The summed E-state index contributed by atoms with van der Waals surface area (Å²) in [4.78, 5) is 30.6. The number of amides is 2. The number of nitrogens with two attached hydrogens (primary N) is 1. The Kier molecular flexibility index (Phi) is 3.43. The topological polar surface area (TPSA) is 76.3 Å². The molecule has 1 saturated carbocycles. The predicted molar refractivity (Wildman–Crippen MR) is 80.6 cm³/mol. The molecule has 1 aromatic rings. The minimum Gasteiger partial charge on any atom is -0.397 e. The molecule has 2 amide bonds. The Morgan fingerprint density at radius 1 is 1.14 bits per heavy atom. The molecule has 0 radical (unpaired) electrons. The van der Waals surface area contributed by atoms with Gasteiger partial charge in [0.1, 0.15) is 5.82 Å². The molecule has 0 aromatic carbocycles. The Labute approximate surface area is 124 Å². The van der Waals surface area contributed by atoms with Gasteiger partial charge in [-0.3, -0.25) is 9.59 Å². The fourth-order valence-corrected chi connectivity index (χ4v) is 3.72. The van der Waals surface area contributed by atoms with Gasteiger partial charge in [-0.15, -0.1) is 0 Å². The highest BCUT2D eigenvalue weighted by Crippen LogP contribution is 2.46. The minimum absolute atomic E-state index is 0.0926. The van der Waals surface area contributed by atoms with Crippen molar-refractivity contribution in [2.24, 2.45) is 5.41 Å². The van der Waals surface area contributed by atoms with Crippen LogP contribution in [-0.2, 0) is 9.59 Å². The summed E-state index contributed by atoms with van der Waals surface area (Å²) < 4.78 is 0. The number of pyridine rings is 1. The lowest BCUT2D eigenvalue weighted by atomic mass is 9.67. The first-order valence-corrected chi connectivity index (χ1v) is 7.59. The molecule has 2 aliphatic rings. The summed E-state index contributed by atoms with van der Waals surface area (Å²) in [5.74, 6) is 0.201. The molecular formula is C16H21N3O2. The third-order valence-electron chi connectivity index (χ3n) is 4.75. The summed E-state index contributed by atoms with van der Waals surface area (Å²) in [5, 5.41) is 0. The third-order valence-corrected chi connectivity index (χ3v) is 4.75. The Bertz CT molecular complexity index is 571. The molecule has 0 unspecified atom stereocenters. The molecule has 21 heavy (non-hydrogen) atoms. The summed E-state index contributed by atoms with van der Waals surface area (Å²) in [5.41, 5.74) is 6.89. The van der Waals surface area contributed by atoms with Crippen molar-refractivity contribution in [2.45, 2.75) is 51.9 Å². The smallest absolute Gasteiger partial charge is 0.235 e. The van der Waals surface area contributed by atoms with Gasteiger partial charge in [0.05, 0.1) is 11.9 Å². The maximum Gasteiger partial charge on any atom is 0.235 e. The summed E-state index contributed by atoms with van der Waals surface area (Å²) in [6, 6.07) is 1.74. The number of hydrogen-bond donors (Lipinski definition) is 1. The van der Waals surface area contributed by atoms with Crippen molar-refractivity contribution in [3.8, 4) is 0 Å². The van der Waals surface area contributed by atoms with Crippen molar-refractivity contribution in [2.75, 3.05) is 10.6 Å². The van der Waals surface area contributed by atoms with Gasteiger partial charge in [-0.2, -0.15) is 0 Å². The highest BCUT2D eigenvalue weighted by molar-refractivity contribution is 6.16. The first-order chi connectivity index (χ1) is 10.0. The average molecular weight is 287 g/mol. The van der Waals surface area contributed by atoms with E-state index in [2.05, 4.69) is 4.98 Å². The molecule has 2 fully saturated rings. The Hall–Kier alpha value is -1.91. The molecule has 3 rings (SSSR count). The van der Waals surface area contributed by atoms with Crippen molar-refractivity contribution in [1.29, 1.82) is 0 Å². The number of aryl methyl sites for hydroxylation is 1. The standard InChI is InChI=1S/C16H21N3O2/c1-11-7-12(17)10-18-15(11)19-13(20)8-16(9-14(19)21)5-3-2-4-6-16/h7,10H,2-6,8-9,17H2,1H3. The molecule has 2 N–H and O–H groups in total. The van der Waals surface area contributed by atoms with Crippen molar-refractivity contribution in [1.82, 2.24) is 4.98 Å². The number of nitrogens with zero attached hydrogens (tertiary/aromatic N) is 2. The van der Waals surface area contributed by atoms with Gasteiger partial charge >= 0.3 is 0 Å². The van der Waals surface area contributed by atoms with Gasteiger partial charge in [-0.05, 0) is 36.8 Å². The molecule has 1 aromatic heterocycles. The highest BCUT2D eigenvalue weighted by Gasteiger charge is 2.45. The van der Waals surface area contributed by atoms with Crippen LogP contribution in [-0.4, -0.2) is 16.8 Å². The summed E-state index contributed by atoms with van der Waals surface area (Å²) in [7, 11) is 0. The second kappa shape index (κ2) is 5.13. The molecule has 1 spiro atoms. The van der Waals surface area contributed by atoms with Gasteiger partial charge in [-0.1, -0.05) is 19.3 Å². The number of nitrogen functional groups attached to an aromatic ring is 1. The highest BCUT2D eigenvalue weighted by atomic mass is 16.2. The number of imide groups is 1. The fourth-order valence-electron chi connectivity index (χ4n) is 3.72. The van der Waals surface area contributed by atoms with Crippen LogP contribution in [0, 0.1) is 12.3 Å². The van der Waals surface area contributed by atoms with Crippen LogP contribution in [0.3, 0.4) is 0 Å². The number of hydrogen-bond acceptors (Lipinski definition) is 4. The van der Waals surface area contributed by atoms with Gasteiger partial charge in [0.25, 0.3) is 0 Å². The van der Waals surface area contributed by atoms with Crippen molar-refractivity contribution >= 4 is 23.3 Å². The molecule has 1 aliphatic carbocycles. The zero-order chi connectivity index (χ0) is 15.0. The maximum absolute atomic E-state index is 12.5. The van der Waals surface area contributed by atoms with E-state index in [0.29, 0.717) is 24.3 Å². The Morgan fingerprint density at radius 2 is 1.76 bits per heavy atom. The van der Waals surface area contributed by atoms with Gasteiger partial charge in [-0.25, -0.2) is 9.88 Å². The molecule has 5 nitrogen and oxygen atoms in total. The molecule has 0 bridgehead atoms. The lowest BCUT2D eigenvalue weighted by molar-refractivity contribution is -0.134. The number of piperidine rings is 1. The van der Waals surface area contributed by atoms with Crippen molar-refractivity contribution < 1.29 is 9.59 Å². The zero-order valence-corrected chi connectivity index (χ0v) is 12.4. The van der Waals surface area contributed by atoms with Gasteiger partial charge < -0.3 is 5.73 Å². The summed E-state index contributed by atoms with van der Waals surface area (Å²) in [6.45, 7) is 1.82. The quantitative estimate of drug-likeness (QED) is 0.805. The SMILES string of the molecule is Cc1cc(N)cnc1N1C(=O)CC2(CCCCC2)CC1=O. The van der Waals surface area contributed by atoms with E-state index in [1.807, 2.05) is 6.92 Å². The zero-order valence-electron chi connectivity index (χ0n) is 12.4. The van der Waals surface area contributed by atoms with Gasteiger partial charge in [0.15, 0.2) is 0 Å². The largest absolute Gasteiger partial charge is 0.397 e. The van der Waals surface area contributed by atoms with Crippen LogP contribution in [0.4, 0.5) is 11.5 Å². The van der Waals surface area contributed by atoms with Crippen LogP contribution >= 0.6 is 0 Å². The van der Waals surface area contributed by atoms with Crippen LogP contribution in [0.15, 0.2) is 12.3 Å². The first kappa shape index (κ1) is 14.0. The van der Waals surface area contributed by atoms with Gasteiger partial charge in [0.2, 0.25) is 11.8 Å². The van der Waals surface area contributed by atoms with Crippen molar-refractivity contribution in [3.63, 3.8) is 0 Å². The second-order valence-corrected chi connectivity index (χ2v) is 6.45. The summed E-state index contributed by atoms with van der Waals surface area (Å²) in [6.07, 6.45) is 7.87. The monoisotopic (exact) mass is 287 g/mol. The normalized spacial score (nSPS) is 21.9. The number of anilines is 2. The van der Waals surface area contributed by atoms with E-state index in [1.54, 1.807) is 6.07 Å². The van der Waals surface area contributed by atoms with Gasteiger partial charge in [0, 0.05) is 12.8 Å². The van der Waals surface area contributed by atoms with Crippen molar-refractivity contribution in [3.05, 3.63) is 17.8 Å². The molecule has 112 valence electrons. The second-order valence-electron chi connectivity index (χ2n) is 6.45. The van der Waals surface area contributed by atoms with Crippen LogP contribution in [0.25, 0.3) is 0 Å². The molecule has 5 heteroatoms. The number of carbonyl (C=O) groups excluding carboxylic acids is 2. The minimum atomic E-state index is -0.117. The molecule has 1 aliphatic heterocycles. The van der Waals surface area contributed by atoms with Crippen LogP contribution in [0.5, 0.6) is 0 Å². The number of rotatable bonds is 1.